The van der Waals surface area contributed by atoms with Crippen LogP contribution in [0.15, 0.2) is 12.4 Å². The molecule has 3 N–H and O–H groups in total. The molecule has 0 aliphatic carbocycles. The average Bonchev–Trinajstić information content (AvgIpc) is 3.41. The Morgan fingerprint density at radius 3 is 2.93 bits per heavy atom. The normalized spacial score (nSPS) is 31.6. The fourth-order valence-corrected chi connectivity index (χ4v) is 4.82. The summed E-state index contributed by atoms with van der Waals surface area (Å²) in [6.07, 6.45) is 5.90. The summed E-state index contributed by atoms with van der Waals surface area (Å²) < 4.78 is 0. The number of amides is 2. The van der Waals surface area contributed by atoms with Crippen LogP contribution in [0.25, 0.3) is 0 Å². The number of aliphatic hydroxyl groups excluding tert-OH is 1. The number of aromatic nitrogens is 2. The Morgan fingerprint density at radius 1 is 1.36 bits per heavy atom. The Kier molecular flexibility index (Phi) is 5.65. The van der Waals surface area contributed by atoms with Crippen LogP contribution < -0.4 is 5.32 Å². The van der Waals surface area contributed by atoms with Crippen LogP contribution in [-0.4, -0.2) is 99.0 Å². The first kappa shape index (κ1) is 19.4. The molecule has 4 atom stereocenters. The van der Waals surface area contributed by atoms with Gasteiger partial charge in [0.05, 0.1) is 12.6 Å². The van der Waals surface area contributed by atoms with Crippen molar-refractivity contribution in [2.45, 2.75) is 56.5 Å². The van der Waals surface area contributed by atoms with Crippen LogP contribution >= 0.6 is 0 Å². The number of aliphatic hydroxyl groups is 1. The maximum absolute atomic E-state index is 12.8. The number of imidazole rings is 1. The largest absolute Gasteiger partial charge is 0.391 e. The monoisotopic (exact) mass is 390 g/mol. The molecule has 1 aromatic rings. The summed E-state index contributed by atoms with van der Waals surface area (Å²) in [5.74, 6) is 1.04. The van der Waals surface area contributed by atoms with Crippen molar-refractivity contribution in [3.63, 3.8) is 0 Å². The van der Waals surface area contributed by atoms with Crippen LogP contribution in [0.5, 0.6) is 0 Å². The lowest BCUT2D eigenvalue weighted by atomic mass is 10.0. The number of nitrogens with one attached hydrogen (secondary N) is 2. The van der Waals surface area contributed by atoms with Gasteiger partial charge in [-0.25, -0.2) is 4.98 Å². The highest BCUT2D eigenvalue weighted by atomic mass is 16.3. The number of fused-ring (bicyclic) bond motifs is 1. The van der Waals surface area contributed by atoms with Gasteiger partial charge in [-0.2, -0.15) is 0 Å². The standard InChI is InChI=1S/C19H30N6O3/c1-23-13(2-3-17(27)24-8-4-14(26)11-24)10-22-19(28)18-15(23)5-9-25(18)12-16-20-6-7-21-16/h6-7,13-15,18,26H,2-5,8-12H2,1H3,(H,20,21)(H,22,28)/t13-,14+,15+,18-/m0/s1. The maximum atomic E-state index is 12.8. The SMILES string of the molecule is CN1[C@@H](CCC(=O)N2CC[C@@H](O)C2)CNC(=O)[C@@H]2[C@H]1CCN2Cc1ncc[nH]1. The maximum Gasteiger partial charge on any atom is 0.239 e. The summed E-state index contributed by atoms with van der Waals surface area (Å²) in [5, 5.41) is 12.7. The van der Waals surface area contributed by atoms with E-state index in [1.54, 1.807) is 17.3 Å². The molecule has 2 amide bonds. The number of carbonyl (C=O) groups is 2. The Balaban J connectivity index is 1.37. The minimum absolute atomic E-state index is 0.0670. The van der Waals surface area contributed by atoms with Gasteiger partial charge < -0.3 is 20.3 Å². The van der Waals surface area contributed by atoms with E-state index in [1.807, 2.05) is 0 Å². The predicted molar refractivity (Wildman–Crippen MR) is 102 cm³/mol. The lowest BCUT2D eigenvalue weighted by Gasteiger charge is -2.33. The number of nitrogens with zero attached hydrogens (tertiary/aromatic N) is 4. The van der Waals surface area contributed by atoms with Crippen molar-refractivity contribution in [3.05, 3.63) is 18.2 Å². The number of β-amino-alcohol motifs (C(OH)–C–C–N with tert-alkyl or cyclic N) is 1. The molecule has 3 aliphatic heterocycles. The summed E-state index contributed by atoms with van der Waals surface area (Å²) in [6.45, 7) is 3.14. The summed E-state index contributed by atoms with van der Waals surface area (Å²) in [6, 6.07) is 0.0923. The van der Waals surface area contributed by atoms with Crippen LogP contribution in [0.4, 0.5) is 0 Å². The van der Waals surface area contributed by atoms with Crippen LogP contribution in [0.3, 0.4) is 0 Å². The number of H-pyrrole nitrogens is 1. The number of hydrogen-bond donors (Lipinski definition) is 3. The summed E-state index contributed by atoms with van der Waals surface area (Å²) >= 11 is 0. The smallest absolute Gasteiger partial charge is 0.239 e. The second kappa shape index (κ2) is 8.18. The van der Waals surface area contributed by atoms with Crippen molar-refractivity contribution in [2.24, 2.45) is 0 Å². The van der Waals surface area contributed by atoms with E-state index in [9.17, 15) is 14.7 Å². The van der Waals surface area contributed by atoms with Gasteiger partial charge in [-0.15, -0.1) is 0 Å². The topological polar surface area (TPSA) is 105 Å². The third-order valence-corrected chi connectivity index (χ3v) is 6.46. The van der Waals surface area contributed by atoms with Gasteiger partial charge >= 0.3 is 0 Å². The summed E-state index contributed by atoms with van der Waals surface area (Å²) in [5.41, 5.74) is 0. The molecular weight excluding hydrogens is 360 g/mol. The molecule has 0 aromatic carbocycles. The van der Waals surface area contributed by atoms with E-state index in [0.29, 0.717) is 45.4 Å². The van der Waals surface area contributed by atoms with Crippen molar-refractivity contribution >= 4 is 11.8 Å². The quantitative estimate of drug-likeness (QED) is 0.605. The van der Waals surface area contributed by atoms with Gasteiger partial charge in [0.1, 0.15) is 11.9 Å². The third kappa shape index (κ3) is 3.92. The van der Waals surface area contributed by atoms with Crippen molar-refractivity contribution in [1.82, 2.24) is 30.0 Å². The lowest BCUT2D eigenvalue weighted by molar-refractivity contribution is -0.131. The van der Waals surface area contributed by atoms with Crippen LogP contribution in [-0.2, 0) is 16.1 Å². The van der Waals surface area contributed by atoms with E-state index in [4.69, 9.17) is 0 Å². The Morgan fingerprint density at radius 2 is 2.21 bits per heavy atom. The zero-order chi connectivity index (χ0) is 19.7. The van der Waals surface area contributed by atoms with Gasteiger partial charge in [0.25, 0.3) is 0 Å². The van der Waals surface area contributed by atoms with Crippen LogP contribution in [0.2, 0.25) is 0 Å². The number of rotatable bonds is 5. The number of hydrogen-bond acceptors (Lipinski definition) is 6. The highest BCUT2D eigenvalue weighted by Crippen LogP contribution is 2.28. The van der Waals surface area contributed by atoms with E-state index in [2.05, 4.69) is 32.1 Å². The Bertz CT molecular complexity index is 696. The summed E-state index contributed by atoms with van der Waals surface area (Å²) in [7, 11) is 2.07. The first-order chi connectivity index (χ1) is 13.5. The molecule has 4 heterocycles. The van der Waals surface area contributed by atoms with Crippen LogP contribution in [0.1, 0.15) is 31.5 Å². The van der Waals surface area contributed by atoms with Crippen molar-refractivity contribution < 1.29 is 14.7 Å². The summed E-state index contributed by atoms with van der Waals surface area (Å²) in [4.78, 5) is 38.9. The van der Waals surface area contributed by atoms with Gasteiger partial charge in [0.2, 0.25) is 11.8 Å². The van der Waals surface area contributed by atoms with Gasteiger partial charge in [-0.3, -0.25) is 19.4 Å². The van der Waals surface area contributed by atoms with E-state index < -0.39 is 0 Å². The zero-order valence-corrected chi connectivity index (χ0v) is 16.4. The first-order valence-electron chi connectivity index (χ1n) is 10.2. The second-order valence-corrected chi connectivity index (χ2v) is 8.19. The number of likely N-dealkylation sites (tertiary alicyclic amines) is 2. The van der Waals surface area contributed by atoms with Gasteiger partial charge in [-0.1, -0.05) is 0 Å². The molecule has 0 saturated carbocycles. The van der Waals surface area contributed by atoms with Crippen molar-refractivity contribution in [2.75, 3.05) is 33.2 Å². The number of aromatic amines is 1. The molecule has 28 heavy (non-hydrogen) atoms. The van der Waals surface area contributed by atoms with Crippen LogP contribution in [0, 0.1) is 0 Å². The molecule has 4 rings (SSSR count). The van der Waals surface area contributed by atoms with Gasteiger partial charge in [0, 0.05) is 57.1 Å². The molecule has 9 heteroatoms. The highest BCUT2D eigenvalue weighted by Gasteiger charge is 2.45. The molecule has 3 saturated heterocycles. The second-order valence-electron chi connectivity index (χ2n) is 8.19. The minimum Gasteiger partial charge on any atom is -0.391 e. The molecular formula is C19H30N6O3. The van der Waals surface area contributed by atoms with E-state index in [-0.39, 0.29) is 36.0 Å². The van der Waals surface area contributed by atoms with Crippen molar-refractivity contribution in [1.29, 1.82) is 0 Å². The fraction of sp³-hybridized carbons (Fsp3) is 0.737. The molecule has 0 unspecified atom stereocenters. The molecule has 154 valence electrons. The zero-order valence-electron chi connectivity index (χ0n) is 16.4. The first-order valence-corrected chi connectivity index (χ1v) is 10.2. The number of carbonyl (C=O) groups excluding carboxylic acids is 2. The molecule has 0 radical (unpaired) electrons. The van der Waals surface area contributed by atoms with E-state index in [0.717, 1.165) is 18.8 Å². The molecule has 3 aliphatic rings. The molecule has 9 nitrogen and oxygen atoms in total. The minimum atomic E-state index is -0.386. The predicted octanol–water partition coefficient (Wildman–Crippen LogP) is -0.844. The van der Waals surface area contributed by atoms with Gasteiger partial charge in [-0.05, 0) is 26.3 Å². The molecule has 3 fully saturated rings. The van der Waals surface area contributed by atoms with E-state index in [1.165, 1.54) is 0 Å². The lowest BCUT2D eigenvalue weighted by Crippen LogP contribution is -2.49. The van der Waals surface area contributed by atoms with Crippen molar-refractivity contribution in [3.8, 4) is 0 Å². The highest BCUT2D eigenvalue weighted by molar-refractivity contribution is 5.83. The van der Waals surface area contributed by atoms with E-state index >= 15 is 0 Å². The Hall–Kier alpha value is -1.97. The average molecular weight is 390 g/mol. The number of likely N-dealkylation sites (N-methyl/N-ethyl adjacent to an activating group) is 1. The fourth-order valence-electron chi connectivity index (χ4n) is 4.82. The molecule has 0 bridgehead atoms. The Labute approximate surface area is 165 Å². The molecule has 0 spiro atoms. The third-order valence-electron chi connectivity index (χ3n) is 6.46. The molecule has 1 aromatic heterocycles. The van der Waals surface area contributed by atoms with Gasteiger partial charge in [0.15, 0.2) is 0 Å².